The van der Waals surface area contributed by atoms with Gasteiger partial charge in [-0.15, -0.1) is 0 Å². The Bertz CT molecular complexity index is 477. The molecule has 0 spiro atoms. The summed E-state index contributed by atoms with van der Waals surface area (Å²) in [6, 6.07) is 5.50. The Morgan fingerprint density at radius 1 is 1.33 bits per heavy atom. The molecule has 1 aromatic rings. The van der Waals surface area contributed by atoms with E-state index in [-0.39, 0.29) is 4.90 Å². The smallest absolute Gasteiger partial charge is 0.264 e. The van der Waals surface area contributed by atoms with Gasteiger partial charge in [-0.25, -0.2) is 13.1 Å². The van der Waals surface area contributed by atoms with Crippen molar-refractivity contribution >= 4 is 21.6 Å². The number of carbonyl (C=O) groups excluding carboxylic acids is 1. The van der Waals surface area contributed by atoms with Crippen LogP contribution in [-0.2, 0) is 14.8 Å². The van der Waals surface area contributed by atoms with E-state index in [1.54, 1.807) is 0 Å². The Kier molecular flexibility index (Phi) is 3.11. The Hall–Kier alpha value is -1.82. The maximum atomic E-state index is 11.5. The molecule has 15 heavy (non-hydrogen) atoms. The lowest BCUT2D eigenvalue weighted by molar-refractivity contribution is -0.114. The van der Waals surface area contributed by atoms with Crippen LogP contribution in [0.25, 0.3) is 0 Å². The first-order chi connectivity index (χ1) is 6.95. The van der Waals surface area contributed by atoms with Gasteiger partial charge >= 0.3 is 0 Å². The van der Waals surface area contributed by atoms with Gasteiger partial charge in [-0.1, -0.05) is 6.58 Å². The van der Waals surface area contributed by atoms with Gasteiger partial charge < -0.3 is 5.73 Å². The number of nitrogens with one attached hydrogen (secondary N) is 1. The molecule has 0 aliphatic heterocycles. The molecule has 0 aliphatic rings. The minimum atomic E-state index is -3.81. The van der Waals surface area contributed by atoms with E-state index in [2.05, 4.69) is 6.58 Å². The van der Waals surface area contributed by atoms with Crippen molar-refractivity contribution in [2.24, 2.45) is 0 Å². The van der Waals surface area contributed by atoms with Gasteiger partial charge in [0.05, 0.1) is 4.90 Å². The summed E-state index contributed by atoms with van der Waals surface area (Å²) in [6.07, 6.45) is 0.884. The van der Waals surface area contributed by atoms with Gasteiger partial charge in [0.2, 0.25) is 0 Å². The van der Waals surface area contributed by atoms with Gasteiger partial charge in [0.25, 0.3) is 15.9 Å². The van der Waals surface area contributed by atoms with Crippen molar-refractivity contribution in [2.45, 2.75) is 4.90 Å². The minimum absolute atomic E-state index is 0.0214. The molecular formula is C9H10N2O3S. The number of hydrogen-bond acceptors (Lipinski definition) is 4. The molecule has 80 valence electrons. The molecule has 0 fully saturated rings. The molecule has 0 atom stereocenters. The molecular weight excluding hydrogens is 216 g/mol. The number of nitrogens with two attached hydrogens (primary N) is 1. The summed E-state index contributed by atoms with van der Waals surface area (Å²) in [5.74, 6) is -0.771. The third kappa shape index (κ3) is 2.81. The lowest BCUT2D eigenvalue weighted by atomic mass is 10.3. The van der Waals surface area contributed by atoms with Crippen LogP contribution >= 0.6 is 0 Å². The quantitative estimate of drug-likeness (QED) is 0.571. The van der Waals surface area contributed by atoms with Crippen molar-refractivity contribution in [3.63, 3.8) is 0 Å². The lowest BCUT2D eigenvalue weighted by Crippen LogP contribution is -2.28. The highest BCUT2D eigenvalue weighted by molar-refractivity contribution is 7.90. The van der Waals surface area contributed by atoms with E-state index in [1.807, 2.05) is 4.72 Å². The predicted molar refractivity (Wildman–Crippen MR) is 56.4 cm³/mol. The molecule has 3 N–H and O–H groups in total. The van der Waals surface area contributed by atoms with E-state index >= 15 is 0 Å². The number of nitrogen functional groups attached to an aromatic ring is 1. The standard InChI is InChI=1S/C9H10N2O3S/c1-2-9(12)11-15(13,14)8-5-3-7(10)4-6-8/h2-6H,1,10H2,(H,11,12). The van der Waals surface area contributed by atoms with E-state index in [9.17, 15) is 13.2 Å². The fraction of sp³-hybridized carbons (Fsp3) is 0. The van der Waals surface area contributed by atoms with Crippen LogP contribution in [0.4, 0.5) is 5.69 Å². The highest BCUT2D eigenvalue weighted by Gasteiger charge is 2.15. The molecule has 0 aromatic heterocycles. The van der Waals surface area contributed by atoms with Crippen molar-refractivity contribution in [3.05, 3.63) is 36.9 Å². The van der Waals surface area contributed by atoms with Crippen LogP contribution in [-0.4, -0.2) is 14.3 Å². The zero-order valence-electron chi connectivity index (χ0n) is 7.80. The number of benzene rings is 1. The number of rotatable bonds is 3. The van der Waals surface area contributed by atoms with Crippen LogP contribution in [0.3, 0.4) is 0 Å². The van der Waals surface area contributed by atoms with Crippen molar-refractivity contribution in [1.29, 1.82) is 0 Å². The van der Waals surface area contributed by atoms with E-state index in [1.165, 1.54) is 24.3 Å². The molecule has 6 heteroatoms. The van der Waals surface area contributed by atoms with Crippen molar-refractivity contribution in [2.75, 3.05) is 5.73 Å². The predicted octanol–water partition coefficient (Wildman–Crippen LogP) is 0.260. The second-order valence-corrected chi connectivity index (χ2v) is 4.43. The van der Waals surface area contributed by atoms with E-state index in [4.69, 9.17) is 5.73 Å². The molecule has 0 saturated carbocycles. The fourth-order valence-electron chi connectivity index (χ4n) is 0.880. The molecule has 0 heterocycles. The van der Waals surface area contributed by atoms with E-state index in [0.29, 0.717) is 5.69 Å². The molecule has 0 radical (unpaired) electrons. The second kappa shape index (κ2) is 4.14. The Morgan fingerprint density at radius 2 is 1.87 bits per heavy atom. The number of carbonyl (C=O) groups is 1. The van der Waals surface area contributed by atoms with Crippen LogP contribution in [0.1, 0.15) is 0 Å². The van der Waals surface area contributed by atoms with E-state index < -0.39 is 15.9 Å². The maximum absolute atomic E-state index is 11.5. The fourth-order valence-corrected chi connectivity index (χ4v) is 1.84. The van der Waals surface area contributed by atoms with Crippen LogP contribution in [0.5, 0.6) is 0 Å². The molecule has 0 bridgehead atoms. The monoisotopic (exact) mass is 226 g/mol. The Morgan fingerprint density at radius 3 is 2.33 bits per heavy atom. The molecule has 1 amide bonds. The minimum Gasteiger partial charge on any atom is -0.399 e. The number of anilines is 1. The Balaban J connectivity index is 3.01. The van der Waals surface area contributed by atoms with Gasteiger partial charge in [-0.2, -0.15) is 0 Å². The zero-order chi connectivity index (χ0) is 11.5. The van der Waals surface area contributed by atoms with Crippen molar-refractivity contribution in [1.82, 2.24) is 4.72 Å². The largest absolute Gasteiger partial charge is 0.399 e. The zero-order valence-corrected chi connectivity index (χ0v) is 8.62. The first kappa shape index (κ1) is 11.3. The van der Waals surface area contributed by atoms with Gasteiger partial charge in [0.15, 0.2) is 0 Å². The lowest BCUT2D eigenvalue weighted by Gasteiger charge is -2.04. The first-order valence-electron chi connectivity index (χ1n) is 4.00. The third-order valence-electron chi connectivity index (χ3n) is 1.61. The van der Waals surface area contributed by atoms with Crippen molar-refractivity contribution in [3.8, 4) is 0 Å². The number of hydrogen-bond donors (Lipinski definition) is 2. The van der Waals surface area contributed by atoms with Crippen LogP contribution < -0.4 is 10.5 Å². The normalized spacial score (nSPS) is 10.7. The molecule has 0 saturated heterocycles. The van der Waals surface area contributed by atoms with Crippen molar-refractivity contribution < 1.29 is 13.2 Å². The summed E-state index contributed by atoms with van der Waals surface area (Å²) < 4.78 is 24.8. The summed E-state index contributed by atoms with van der Waals surface area (Å²) in [7, 11) is -3.81. The average molecular weight is 226 g/mol. The summed E-state index contributed by atoms with van der Waals surface area (Å²) in [4.78, 5) is 10.8. The molecule has 1 aromatic carbocycles. The van der Waals surface area contributed by atoms with Crippen LogP contribution in [0.15, 0.2) is 41.8 Å². The summed E-state index contributed by atoms with van der Waals surface area (Å²) in [5, 5.41) is 0. The van der Waals surface area contributed by atoms with Gasteiger partial charge in [0.1, 0.15) is 0 Å². The van der Waals surface area contributed by atoms with E-state index in [0.717, 1.165) is 6.08 Å². The number of sulfonamides is 1. The average Bonchev–Trinajstić information content (AvgIpc) is 2.17. The highest BCUT2D eigenvalue weighted by atomic mass is 32.2. The third-order valence-corrected chi connectivity index (χ3v) is 2.97. The van der Waals surface area contributed by atoms with Gasteiger partial charge in [-0.3, -0.25) is 4.79 Å². The molecule has 0 unspecified atom stereocenters. The van der Waals surface area contributed by atoms with Gasteiger partial charge in [-0.05, 0) is 30.3 Å². The number of amides is 1. The summed E-state index contributed by atoms with van der Waals surface area (Å²) in [6.45, 7) is 3.16. The Labute approximate surface area is 87.6 Å². The summed E-state index contributed by atoms with van der Waals surface area (Å²) >= 11 is 0. The topological polar surface area (TPSA) is 89.3 Å². The maximum Gasteiger partial charge on any atom is 0.264 e. The van der Waals surface area contributed by atoms with Crippen LogP contribution in [0, 0.1) is 0 Å². The first-order valence-corrected chi connectivity index (χ1v) is 5.49. The second-order valence-electron chi connectivity index (χ2n) is 2.74. The van der Waals surface area contributed by atoms with Gasteiger partial charge in [0, 0.05) is 5.69 Å². The molecule has 1 rings (SSSR count). The molecule has 0 aliphatic carbocycles. The highest BCUT2D eigenvalue weighted by Crippen LogP contribution is 2.10. The van der Waals surface area contributed by atoms with Crippen LogP contribution in [0.2, 0.25) is 0 Å². The summed E-state index contributed by atoms with van der Waals surface area (Å²) in [5.41, 5.74) is 5.85. The SMILES string of the molecule is C=CC(=O)NS(=O)(=O)c1ccc(N)cc1. The molecule has 5 nitrogen and oxygen atoms in total.